The molecule has 0 fully saturated rings. The lowest BCUT2D eigenvalue weighted by Crippen LogP contribution is -2.23. The fraction of sp³-hybridized carbons (Fsp3) is 0.417. The lowest BCUT2D eigenvalue weighted by Gasteiger charge is -2.07. The van der Waals surface area contributed by atoms with Gasteiger partial charge in [0, 0.05) is 11.3 Å². The van der Waals surface area contributed by atoms with Crippen LogP contribution in [0.25, 0.3) is 0 Å². The zero-order valence-corrected chi connectivity index (χ0v) is 9.43. The van der Waals surface area contributed by atoms with E-state index >= 15 is 0 Å². The van der Waals surface area contributed by atoms with E-state index in [2.05, 4.69) is 17.5 Å². The van der Waals surface area contributed by atoms with Crippen molar-refractivity contribution in [3.8, 4) is 0 Å². The average Bonchev–Trinajstić information content (AvgIpc) is 2.86. The van der Waals surface area contributed by atoms with Crippen LogP contribution in [0.5, 0.6) is 0 Å². The molecule has 1 aromatic heterocycles. The number of hydrogen-bond acceptors (Lipinski definition) is 2. The van der Waals surface area contributed by atoms with E-state index in [1.807, 2.05) is 17.5 Å². The molecule has 0 saturated heterocycles. The monoisotopic (exact) mass is 221 g/mol. The minimum Gasteiger partial charge on any atom is -0.351 e. The van der Waals surface area contributed by atoms with Gasteiger partial charge in [-0.05, 0) is 30.2 Å². The predicted octanol–water partition coefficient (Wildman–Crippen LogP) is 2.72. The van der Waals surface area contributed by atoms with Crippen molar-refractivity contribution in [3.05, 3.63) is 34.5 Å². The number of thiophene rings is 1. The van der Waals surface area contributed by atoms with Crippen LogP contribution in [-0.2, 0) is 11.3 Å². The van der Waals surface area contributed by atoms with Crippen LogP contribution in [0.3, 0.4) is 0 Å². The Bertz CT molecular complexity index is 343. The Balaban J connectivity index is 1.70. The van der Waals surface area contributed by atoms with Gasteiger partial charge in [0.1, 0.15) is 0 Å². The van der Waals surface area contributed by atoms with Crippen molar-refractivity contribution in [3.63, 3.8) is 0 Å². The van der Waals surface area contributed by atoms with Crippen molar-refractivity contribution in [1.29, 1.82) is 0 Å². The normalized spacial score (nSPS) is 19.3. The molecule has 1 amide bonds. The van der Waals surface area contributed by atoms with Gasteiger partial charge in [-0.1, -0.05) is 18.2 Å². The molecule has 3 heteroatoms. The third-order valence-electron chi connectivity index (χ3n) is 2.60. The molecule has 1 aliphatic rings. The quantitative estimate of drug-likeness (QED) is 0.778. The van der Waals surface area contributed by atoms with Gasteiger partial charge in [0.25, 0.3) is 0 Å². The standard InChI is InChI=1S/C12H15NOS/c14-12(8-10-4-1-2-5-10)13-9-11-6-3-7-15-11/h1,3-4,6-7,10H,2,5,8-9H2,(H,13,14). The van der Waals surface area contributed by atoms with E-state index in [4.69, 9.17) is 0 Å². The van der Waals surface area contributed by atoms with Crippen LogP contribution in [0.1, 0.15) is 24.1 Å². The molecule has 0 saturated carbocycles. The summed E-state index contributed by atoms with van der Waals surface area (Å²) < 4.78 is 0. The summed E-state index contributed by atoms with van der Waals surface area (Å²) in [7, 11) is 0. The van der Waals surface area contributed by atoms with E-state index in [0.29, 0.717) is 18.9 Å². The summed E-state index contributed by atoms with van der Waals surface area (Å²) in [6.07, 6.45) is 7.22. The van der Waals surface area contributed by atoms with Crippen LogP contribution in [0.4, 0.5) is 0 Å². The van der Waals surface area contributed by atoms with Gasteiger partial charge < -0.3 is 5.32 Å². The summed E-state index contributed by atoms with van der Waals surface area (Å²) in [5.74, 6) is 0.633. The van der Waals surface area contributed by atoms with Gasteiger partial charge in [-0.3, -0.25) is 4.79 Å². The Kier molecular flexibility index (Phi) is 3.56. The van der Waals surface area contributed by atoms with Crippen molar-refractivity contribution < 1.29 is 4.79 Å². The highest BCUT2D eigenvalue weighted by Gasteiger charge is 2.13. The molecule has 1 heterocycles. The minimum absolute atomic E-state index is 0.167. The maximum atomic E-state index is 11.6. The SMILES string of the molecule is O=C(CC1C=CCC1)NCc1cccs1. The minimum atomic E-state index is 0.167. The number of rotatable bonds is 4. The molecule has 2 nitrogen and oxygen atoms in total. The van der Waals surface area contributed by atoms with Crippen LogP contribution >= 0.6 is 11.3 Å². The third-order valence-corrected chi connectivity index (χ3v) is 3.48. The van der Waals surface area contributed by atoms with Crippen LogP contribution in [0.15, 0.2) is 29.7 Å². The second-order valence-corrected chi connectivity index (χ2v) is 4.86. The lowest BCUT2D eigenvalue weighted by atomic mass is 10.1. The van der Waals surface area contributed by atoms with E-state index < -0.39 is 0 Å². The Morgan fingerprint density at radius 2 is 2.53 bits per heavy atom. The zero-order chi connectivity index (χ0) is 10.5. The molecule has 2 rings (SSSR count). The van der Waals surface area contributed by atoms with E-state index in [1.165, 1.54) is 4.88 Å². The predicted molar refractivity (Wildman–Crippen MR) is 62.6 cm³/mol. The first kappa shape index (κ1) is 10.4. The van der Waals surface area contributed by atoms with E-state index in [0.717, 1.165) is 12.8 Å². The lowest BCUT2D eigenvalue weighted by molar-refractivity contribution is -0.121. The number of allylic oxidation sites excluding steroid dienone is 2. The molecule has 0 aromatic carbocycles. The molecule has 1 unspecified atom stereocenters. The molecule has 0 spiro atoms. The van der Waals surface area contributed by atoms with Gasteiger partial charge in [0.15, 0.2) is 0 Å². The third kappa shape index (κ3) is 3.20. The molecule has 0 bridgehead atoms. The highest BCUT2D eigenvalue weighted by molar-refractivity contribution is 7.09. The van der Waals surface area contributed by atoms with Gasteiger partial charge in [-0.2, -0.15) is 0 Å². The number of hydrogen-bond donors (Lipinski definition) is 1. The van der Waals surface area contributed by atoms with Crippen molar-refractivity contribution in [2.75, 3.05) is 0 Å². The van der Waals surface area contributed by atoms with E-state index in [9.17, 15) is 4.79 Å². The molecule has 0 aliphatic heterocycles. The summed E-state index contributed by atoms with van der Waals surface area (Å²) in [6.45, 7) is 0.674. The second-order valence-electron chi connectivity index (χ2n) is 3.83. The highest BCUT2D eigenvalue weighted by atomic mass is 32.1. The van der Waals surface area contributed by atoms with E-state index in [-0.39, 0.29) is 5.91 Å². The molecule has 1 aliphatic carbocycles. The highest BCUT2D eigenvalue weighted by Crippen LogP contribution is 2.20. The number of carbonyl (C=O) groups excluding carboxylic acids is 1. The Morgan fingerprint density at radius 1 is 1.60 bits per heavy atom. The van der Waals surface area contributed by atoms with Crippen molar-refractivity contribution >= 4 is 17.2 Å². The summed E-state index contributed by atoms with van der Waals surface area (Å²) in [6, 6.07) is 4.05. The summed E-state index contributed by atoms with van der Waals surface area (Å²) in [4.78, 5) is 12.8. The average molecular weight is 221 g/mol. The van der Waals surface area contributed by atoms with Crippen LogP contribution in [0, 0.1) is 5.92 Å². The zero-order valence-electron chi connectivity index (χ0n) is 8.61. The van der Waals surface area contributed by atoms with Crippen LogP contribution in [0.2, 0.25) is 0 Å². The molecular weight excluding hydrogens is 206 g/mol. The van der Waals surface area contributed by atoms with Crippen LogP contribution in [-0.4, -0.2) is 5.91 Å². The molecule has 1 aromatic rings. The van der Waals surface area contributed by atoms with Gasteiger partial charge in [-0.25, -0.2) is 0 Å². The smallest absolute Gasteiger partial charge is 0.220 e. The first-order valence-electron chi connectivity index (χ1n) is 5.30. The Morgan fingerprint density at radius 3 is 3.20 bits per heavy atom. The van der Waals surface area contributed by atoms with Gasteiger partial charge in [-0.15, -0.1) is 11.3 Å². The van der Waals surface area contributed by atoms with E-state index in [1.54, 1.807) is 11.3 Å². The number of nitrogens with one attached hydrogen (secondary N) is 1. The second kappa shape index (κ2) is 5.12. The molecular formula is C12H15NOS. The van der Waals surface area contributed by atoms with Crippen LogP contribution < -0.4 is 5.32 Å². The Hall–Kier alpha value is -1.09. The molecule has 1 N–H and O–H groups in total. The van der Waals surface area contributed by atoms with Gasteiger partial charge in [0.2, 0.25) is 5.91 Å². The fourth-order valence-corrected chi connectivity index (χ4v) is 2.42. The van der Waals surface area contributed by atoms with Crippen molar-refractivity contribution in [1.82, 2.24) is 5.32 Å². The van der Waals surface area contributed by atoms with Gasteiger partial charge in [0.05, 0.1) is 6.54 Å². The maximum absolute atomic E-state index is 11.6. The maximum Gasteiger partial charge on any atom is 0.220 e. The molecule has 1 atom stereocenters. The summed E-state index contributed by atoms with van der Waals surface area (Å²) >= 11 is 1.68. The largest absolute Gasteiger partial charge is 0.351 e. The fourth-order valence-electron chi connectivity index (χ4n) is 1.77. The molecule has 0 radical (unpaired) electrons. The van der Waals surface area contributed by atoms with Crippen molar-refractivity contribution in [2.45, 2.75) is 25.8 Å². The molecule has 15 heavy (non-hydrogen) atoms. The topological polar surface area (TPSA) is 29.1 Å². The summed E-state index contributed by atoms with van der Waals surface area (Å²) in [5.41, 5.74) is 0. The number of carbonyl (C=O) groups is 1. The number of amides is 1. The van der Waals surface area contributed by atoms with Gasteiger partial charge >= 0.3 is 0 Å². The van der Waals surface area contributed by atoms with Crippen molar-refractivity contribution in [2.24, 2.45) is 5.92 Å². The Labute approximate surface area is 94.0 Å². The summed E-state index contributed by atoms with van der Waals surface area (Å²) in [5, 5.41) is 4.98. The molecule has 80 valence electrons. The first-order valence-corrected chi connectivity index (χ1v) is 6.18. The first-order chi connectivity index (χ1) is 7.34.